The predicted molar refractivity (Wildman–Crippen MR) is 118 cm³/mol. The van der Waals surface area contributed by atoms with E-state index in [9.17, 15) is 4.79 Å². The number of rotatable bonds is 7. The highest BCUT2D eigenvalue weighted by Crippen LogP contribution is 2.29. The molecule has 0 atom stereocenters. The minimum atomic E-state index is -0.288. The average Bonchev–Trinajstić information content (AvgIpc) is 3.36. The minimum Gasteiger partial charge on any atom is -0.357 e. The number of nitrogens with zero attached hydrogens (tertiary/aromatic N) is 7. The molecule has 0 aromatic carbocycles. The zero-order valence-corrected chi connectivity index (χ0v) is 17.8. The van der Waals surface area contributed by atoms with Crippen LogP contribution in [0.3, 0.4) is 0 Å². The van der Waals surface area contributed by atoms with Gasteiger partial charge in [0.15, 0.2) is 0 Å². The van der Waals surface area contributed by atoms with E-state index in [1.54, 1.807) is 30.2 Å². The topological polar surface area (TPSA) is 129 Å². The lowest BCUT2D eigenvalue weighted by atomic mass is 10.2. The Morgan fingerprint density at radius 1 is 1.19 bits per heavy atom. The molecule has 0 aliphatic carbocycles. The molecule has 4 aromatic heterocycles. The molecule has 0 saturated carbocycles. The molecule has 0 radical (unpaired) electrons. The van der Waals surface area contributed by atoms with Crippen molar-refractivity contribution in [3.8, 4) is 11.5 Å². The summed E-state index contributed by atoms with van der Waals surface area (Å²) in [4.78, 5) is 27.8. The third-order valence-corrected chi connectivity index (χ3v) is 5.02. The second kappa shape index (κ2) is 8.38. The van der Waals surface area contributed by atoms with Crippen molar-refractivity contribution in [3.05, 3.63) is 42.1 Å². The summed E-state index contributed by atoms with van der Waals surface area (Å²) in [6.45, 7) is 7.87. The van der Waals surface area contributed by atoms with E-state index in [2.05, 4.69) is 54.6 Å². The highest BCUT2D eigenvalue weighted by Gasteiger charge is 2.23. The van der Waals surface area contributed by atoms with Crippen LogP contribution in [-0.2, 0) is 0 Å². The lowest BCUT2D eigenvalue weighted by Gasteiger charge is -2.21. The highest BCUT2D eigenvalue weighted by molar-refractivity contribution is 6.02. The lowest BCUT2D eigenvalue weighted by molar-refractivity contribution is 0.0958. The summed E-state index contributed by atoms with van der Waals surface area (Å²) in [5, 5.41) is 17.5. The number of hydrogen-bond acceptors (Lipinski definition) is 8. The Morgan fingerprint density at radius 2 is 2.00 bits per heavy atom. The van der Waals surface area contributed by atoms with Gasteiger partial charge in [-0.2, -0.15) is 0 Å². The Morgan fingerprint density at radius 3 is 2.65 bits per heavy atom. The van der Waals surface area contributed by atoms with Gasteiger partial charge < -0.3 is 15.5 Å². The van der Waals surface area contributed by atoms with Gasteiger partial charge in [0.05, 0.1) is 17.6 Å². The van der Waals surface area contributed by atoms with E-state index < -0.39 is 0 Å². The van der Waals surface area contributed by atoms with Crippen LogP contribution in [0.15, 0.2) is 30.7 Å². The third kappa shape index (κ3) is 3.65. The molecular weight excluding hydrogens is 396 g/mol. The maximum Gasteiger partial charge on any atom is 0.271 e. The van der Waals surface area contributed by atoms with Gasteiger partial charge in [-0.25, -0.2) is 14.5 Å². The van der Waals surface area contributed by atoms with Crippen LogP contribution in [0.1, 0.15) is 30.0 Å². The molecule has 31 heavy (non-hydrogen) atoms. The first-order valence-electron chi connectivity index (χ1n) is 10.0. The Bertz CT molecular complexity index is 1210. The van der Waals surface area contributed by atoms with Crippen molar-refractivity contribution in [3.63, 3.8) is 0 Å². The molecule has 11 nitrogen and oxygen atoms in total. The average molecular weight is 420 g/mol. The SMILES string of the molecule is CCN(CC)c1ccc(Nc2c(C(=O)NC)[nH]n3c(-c4cnccn4)nnc23)c(C)n1. The van der Waals surface area contributed by atoms with E-state index in [4.69, 9.17) is 4.98 Å². The van der Waals surface area contributed by atoms with Crippen molar-refractivity contribution < 1.29 is 4.79 Å². The number of nitrogens with one attached hydrogen (secondary N) is 3. The van der Waals surface area contributed by atoms with Gasteiger partial charge in [0.25, 0.3) is 5.91 Å². The van der Waals surface area contributed by atoms with Crippen molar-refractivity contribution >= 4 is 28.7 Å². The number of aromatic nitrogens is 7. The summed E-state index contributed by atoms with van der Waals surface area (Å²) in [6.07, 6.45) is 4.74. The van der Waals surface area contributed by atoms with Gasteiger partial charge >= 0.3 is 0 Å². The summed E-state index contributed by atoms with van der Waals surface area (Å²) < 4.78 is 1.62. The molecule has 0 spiro atoms. The first-order valence-corrected chi connectivity index (χ1v) is 10.0. The monoisotopic (exact) mass is 420 g/mol. The van der Waals surface area contributed by atoms with Gasteiger partial charge in [0.2, 0.25) is 11.5 Å². The highest BCUT2D eigenvalue weighted by atomic mass is 16.1. The van der Waals surface area contributed by atoms with Crippen LogP contribution in [0, 0.1) is 6.92 Å². The normalized spacial score (nSPS) is 11.0. The fourth-order valence-electron chi connectivity index (χ4n) is 3.36. The van der Waals surface area contributed by atoms with Crippen LogP contribution in [0.2, 0.25) is 0 Å². The summed E-state index contributed by atoms with van der Waals surface area (Å²) in [6, 6.07) is 3.91. The Hall–Kier alpha value is -4.02. The number of anilines is 3. The number of fused-ring (bicyclic) bond motifs is 1. The molecule has 3 N–H and O–H groups in total. The fourth-order valence-corrected chi connectivity index (χ4v) is 3.36. The van der Waals surface area contributed by atoms with Crippen molar-refractivity contribution in [2.75, 3.05) is 30.4 Å². The number of hydrogen-bond donors (Lipinski definition) is 3. The standard InChI is InChI=1S/C20H24N10O/c1-5-29(6-2)15-8-7-13(12(3)24-15)25-16-17(20(31)21-4)28-30-18(26-27-19(16)30)14-11-22-9-10-23-14/h7-11,25,28H,5-6H2,1-4H3,(H,21,31). The molecule has 160 valence electrons. The first-order chi connectivity index (χ1) is 15.1. The molecule has 0 bridgehead atoms. The van der Waals surface area contributed by atoms with Gasteiger partial charge in [-0.15, -0.1) is 10.2 Å². The Balaban J connectivity index is 1.78. The van der Waals surface area contributed by atoms with Crippen LogP contribution in [0.5, 0.6) is 0 Å². The number of H-pyrrole nitrogens is 1. The van der Waals surface area contributed by atoms with Crippen LogP contribution in [-0.4, -0.2) is 60.8 Å². The van der Waals surface area contributed by atoms with Crippen LogP contribution in [0.4, 0.5) is 17.2 Å². The van der Waals surface area contributed by atoms with Gasteiger partial charge in [0.1, 0.15) is 22.9 Å². The lowest BCUT2D eigenvalue weighted by Crippen LogP contribution is -2.23. The summed E-state index contributed by atoms with van der Waals surface area (Å²) >= 11 is 0. The number of aromatic amines is 1. The summed E-state index contributed by atoms with van der Waals surface area (Å²) in [5.41, 5.74) is 3.40. The van der Waals surface area contributed by atoms with Gasteiger partial charge in [-0.3, -0.25) is 14.9 Å². The molecule has 1 amide bonds. The number of carbonyl (C=O) groups is 1. The minimum absolute atomic E-state index is 0.288. The van der Waals surface area contributed by atoms with Crippen LogP contribution >= 0.6 is 0 Å². The fraction of sp³-hybridized carbons (Fsp3) is 0.300. The molecule has 0 saturated heterocycles. The second-order valence-electron chi connectivity index (χ2n) is 6.81. The smallest absolute Gasteiger partial charge is 0.271 e. The Kier molecular flexibility index (Phi) is 5.48. The van der Waals surface area contributed by atoms with Crippen molar-refractivity contribution in [2.45, 2.75) is 20.8 Å². The van der Waals surface area contributed by atoms with Crippen molar-refractivity contribution in [1.29, 1.82) is 0 Å². The molecule has 0 fully saturated rings. The molecule has 0 aliphatic heterocycles. The van der Waals surface area contributed by atoms with Gasteiger partial charge in [-0.1, -0.05) is 0 Å². The quantitative estimate of drug-likeness (QED) is 0.415. The van der Waals surface area contributed by atoms with E-state index in [-0.39, 0.29) is 5.91 Å². The molecule has 4 rings (SSSR count). The zero-order chi connectivity index (χ0) is 22.0. The van der Waals surface area contributed by atoms with E-state index >= 15 is 0 Å². The van der Waals surface area contributed by atoms with E-state index in [0.717, 1.165) is 30.3 Å². The maximum absolute atomic E-state index is 12.6. The summed E-state index contributed by atoms with van der Waals surface area (Å²) in [7, 11) is 1.57. The van der Waals surface area contributed by atoms with Crippen molar-refractivity contribution in [2.24, 2.45) is 0 Å². The number of carbonyl (C=O) groups excluding carboxylic acids is 1. The molecular formula is C20H24N10O. The number of amides is 1. The number of aryl methyl sites for hydroxylation is 1. The third-order valence-electron chi connectivity index (χ3n) is 5.02. The number of pyridine rings is 1. The van der Waals surface area contributed by atoms with Crippen LogP contribution < -0.4 is 15.5 Å². The molecule has 11 heteroatoms. The van der Waals surface area contributed by atoms with Crippen LogP contribution in [0.25, 0.3) is 17.2 Å². The second-order valence-corrected chi connectivity index (χ2v) is 6.81. The van der Waals surface area contributed by atoms with Crippen molar-refractivity contribution in [1.82, 2.24) is 40.1 Å². The Labute approximate surface area is 178 Å². The molecule has 0 aliphatic rings. The van der Waals surface area contributed by atoms with E-state index in [1.807, 2.05) is 19.1 Å². The molecule has 4 aromatic rings. The van der Waals surface area contributed by atoms with Gasteiger partial charge in [-0.05, 0) is 32.9 Å². The first kappa shape index (κ1) is 20.3. The molecule has 4 heterocycles. The van der Waals surface area contributed by atoms with E-state index in [1.165, 1.54) is 0 Å². The largest absolute Gasteiger partial charge is 0.357 e. The maximum atomic E-state index is 12.6. The van der Waals surface area contributed by atoms with E-state index in [0.29, 0.717) is 28.5 Å². The summed E-state index contributed by atoms with van der Waals surface area (Å²) in [5.74, 6) is 1.07. The molecule has 0 unspecified atom stereocenters. The zero-order valence-electron chi connectivity index (χ0n) is 17.8. The van der Waals surface area contributed by atoms with Gasteiger partial charge in [0, 0.05) is 32.5 Å². The predicted octanol–water partition coefficient (Wildman–Crippen LogP) is 2.17.